The minimum absolute atomic E-state index is 0.0870. The molecule has 0 radical (unpaired) electrons. The topological polar surface area (TPSA) is 78.9 Å². The number of hydrogen-bond donors (Lipinski definition) is 0. The van der Waals surface area contributed by atoms with E-state index < -0.39 is 6.10 Å². The molecule has 0 aromatic rings. The van der Waals surface area contributed by atoms with Gasteiger partial charge in [0.25, 0.3) is 0 Å². The van der Waals surface area contributed by atoms with E-state index in [0.29, 0.717) is 19.3 Å². The third-order valence-corrected chi connectivity index (χ3v) is 13.6. The van der Waals surface area contributed by atoms with Gasteiger partial charge >= 0.3 is 17.9 Å². The van der Waals surface area contributed by atoms with E-state index in [4.69, 9.17) is 14.2 Å². The molecule has 0 heterocycles. The van der Waals surface area contributed by atoms with Crippen LogP contribution in [-0.2, 0) is 28.6 Å². The SMILES string of the molecule is CCC/C=C\C/C=C\CCCCCCCC(=O)OCC(COC(=O)CCCCCCCCCCCCCC/C=C\C/C=C\C/C=C\CCCCCCC)OC(=O)CCCCCCC/C=C\C/C=C\CCCCCC. The highest BCUT2D eigenvalue weighted by Gasteiger charge is 2.19. The summed E-state index contributed by atoms with van der Waals surface area (Å²) in [5.41, 5.74) is 0. The number of carbonyl (C=O) groups is 3. The highest BCUT2D eigenvalue weighted by Crippen LogP contribution is 2.16. The van der Waals surface area contributed by atoms with Crippen molar-refractivity contribution in [3.05, 3.63) is 85.1 Å². The first-order chi connectivity index (χ1) is 36.5. The Bertz CT molecular complexity index is 1420. The fraction of sp³-hybridized carbons (Fsp3) is 0.750. The second-order valence-electron chi connectivity index (χ2n) is 21.0. The standard InChI is InChI=1S/C68H118O6/c1-4-7-10-13-16-19-22-25-27-29-30-31-32-33-34-35-36-37-38-39-41-43-46-49-52-55-58-61-67(70)73-64-65(63-72-66(69)60-57-54-51-48-45-42-24-21-18-15-12-9-6-3)74-68(71)62-59-56-53-50-47-44-40-28-26-23-20-17-14-11-8-5-2/h12,15,20-25,28-30,32-33,40,65H,4-11,13-14,16-19,26-27,31,34-39,41-64H2,1-3H3/b15-12-,23-20-,24-21-,25-22-,30-29-,33-32-,40-28-. The third kappa shape index (κ3) is 59.5. The lowest BCUT2D eigenvalue weighted by Crippen LogP contribution is -2.30. The first-order valence-corrected chi connectivity index (χ1v) is 31.6. The molecule has 0 aliphatic heterocycles. The Morgan fingerprint density at radius 2 is 0.514 bits per heavy atom. The van der Waals surface area contributed by atoms with Crippen molar-refractivity contribution in [1.29, 1.82) is 0 Å². The van der Waals surface area contributed by atoms with E-state index in [1.54, 1.807) is 0 Å². The number of rotatable bonds is 57. The van der Waals surface area contributed by atoms with Gasteiger partial charge in [-0.15, -0.1) is 0 Å². The van der Waals surface area contributed by atoms with Crippen LogP contribution in [-0.4, -0.2) is 37.2 Å². The van der Waals surface area contributed by atoms with Crippen LogP contribution in [0.1, 0.15) is 310 Å². The Kier molecular flexibility index (Phi) is 59.3. The Hall–Kier alpha value is -3.41. The van der Waals surface area contributed by atoms with Crippen molar-refractivity contribution >= 4 is 17.9 Å². The third-order valence-electron chi connectivity index (χ3n) is 13.6. The monoisotopic (exact) mass is 1030 g/mol. The molecule has 0 aromatic carbocycles. The van der Waals surface area contributed by atoms with Crippen LogP contribution in [0.4, 0.5) is 0 Å². The zero-order valence-corrected chi connectivity index (χ0v) is 48.8. The number of ether oxygens (including phenoxy) is 3. The molecule has 0 fully saturated rings. The van der Waals surface area contributed by atoms with Gasteiger partial charge in [-0.2, -0.15) is 0 Å². The normalized spacial score (nSPS) is 12.6. The zero-order valence-electron chi connectivity index (χ0n) is 48.8. The molecule has 0 aromatic heterocycles. The van der Waals surface area contributed by atoms with Crippen LogP contribution in [0.15, 0.2) is 85.1 Å². The summed E-state index contributed by atoms with van der Waals surface area (Å²) in [5.74, 6) is -0.908. The van der Waals surface area contributed by atoms with Crippen LogP contribution in [0.3, 0.4) is 0 Å². The number of carbonyl (C=O) groups excluding carboxylic acids is 3. The highest BCUT2D eigenvalue weighted by molar-refractivity contribution is 5.71. The molecule has 6 nitrogen and oxygen atoms in total. The Morgan fingerprint density at radius 1 is 0.270 bits per heavy atom. The maximum Gasteiger partial charge on any atom is 0.306 e. The molecule has 0 amide bonds. The van der Waals surface area contributed by atoms with Gasteiger partial charge in [-0.25, -0.2) is 0 Å². The van der Waals surface area contributed by atoms with E-state index in [9.17, 15) is 14.4 Å². The van der Waals surface area contributed by atoms with Crippen LogP contribution >= 0.6 is 0 Å². The summed E-state index contributed by atoms with van der Waals surface area (Å²) in [7, 11) is 0. The minimum atomic E-state index is -0.791. The van der Waals surface area contributed by atoms with E-state index in [2.05, 4.69) is 106 Å². The molecular formula is C68H118O6. The Labute approximate surface area is 458 Å². The van der Waals surface area contributed by atoms with Crippen LogP contribution in [0.5, 0.6) is 0 Å². The summed E-state index contributed by atoms with van der Waals surface area (Å²) >= 11 is 0. The van der Waals surface area contributed by atoms with Crippen molar-refractivity contribution in [2.24, 2.45) is 0 Å². The molecule has 0 aliphatic rings. The van der Waals surface area contributed by atoms with Crippen molar-refractivity contribution in [1.82, 2.24) is 0 Å². The average Bonchev–Trinajstić information content (AvgIpc) is 3.40. The summed E-state index contributed by atoms with van der Waals surface area (Å²) in [6, 6.07) is 0. The average molecular weight is 1030 g/mol. The van der Waals surface area contributed by atoms with Crippen molar-refractivity contribution in [2.45, 2.75) is 316 Å². The van der Waals surface area contributed by atoms with E-state index in [1.165, 1.54) is 141 Å². The molecule has 1 unspecified atom stereocenters. The molecule has 1 atom stereocenters. The first kappa shape index (κ1) is 70.6. The van der Waals surface area contributed by atoms with E-state index in [1.807, 2.05) is 0 Å². The molecule has 0 bridgehead atoms. The van der Waals surface area contributed by atoms with Crippen LogP contribution in [0.25, 0.3) is 0 Å². The van der Waals surface area contributed by atoms with Crippen molar-refractivity contribution in [2.75, 3.05) is 13.2 Å². The quantitative estimate of drug-likeness (QED) is 0.0261. The van der Waals surface area contributed by atoms with Crippen molar-refractivity contribution in [3.8, 4) is 0 Å². The first-order valence-electron chi connectivity index (χ1n) is 31.6. The van der Waals surface area contributed by atoms with Crippen molar-refractivity contribution < 1.29 is 28.6 Å². The molecule has 0 N–H and O–H groups in total. The lowest BCUT2D eigenvalue weighted by atomic mass is 10.0. The van der Waals surface area contributed by atoms with Gasteiger partial charge in [0.15, 0.2) is 6.10 Å². The molecule has 0 saturated heterocycles. The van der Waals surface area contributed by atoms with Gasteiger partial charge in [-0.3, -0.25) is 14.4 Å². The van der Waals surface area contributed by atoms with Crippen LogP contribution < -0.4 is 0 Å². The molecule has 0 rings (SSSR count). The van der Waals surface area contributed by atoms with Gasteiger partial charge in [0.2, 0.25) is 0 Å². The number of hydrogen-bond acceptors (Lipinski definition) is 6. The second kappa shape index (κ2) is 62.1. The maximum absolute atomic E-state index is 12.9. The molecule has 0 saturated carbocycles. The molecule has 426 valence electrons. The fourth-order valence-corrected chi connectivity index (χ4v) is 8.81. The van der Waals surface area contributed by atoms with Crippen LogP contribution in [0.2, 0.25) is 0 Å². The summed E-state index contributed by atoms with van der Waals surface area (Å²) in [4.78, 5) is 38.2. The van der Waals surface area contributed by atoms with Gasteiger partial charge in [0.1, 0.15) is 13.2 Å². The predicted octanol–water partition coefficient (Wildman–Crippen LogP) is 21.5. The summed E-state index contributed by atoms with van der Waals surface area (Å²) < 4.78 is 16.9. The van der Waals surface area contributed by atoms with E-state index in [-0.39, 0.29) is 31.1 Å². The summed E-state index contributed by atoms with van der Waals surface area (Å²) in [6.07, 6.45) is 81.6. The molecule has 0 aliphatic carbocycles. The van der Waals surface area contributed by atoms with Crippen LogP contribution in [0, 0.1) is 0 Å². The molecule has 6 heteroatoms. The number of unbranched alkanes of at least 4 members (excludes halogenated alkanes) is 32. The minimum Gasteiger partial charge on any atom is -0.462 e. The number of esters is 3. The largest absolute Gasteiger partial charge is 0.462 e. The van der Waals surface area contributed by atoms with Gasteiger partial charge in [0, 0.05) is 19.3 Å². The fourth-order valence-electron chi connectivity index (χ4n) is 8.81. The Balaban J connectivity index is 4.29. The lowest BCUT2D eigenvalue weighted by Gasteiger charge is -2.18. The summed E-state index contributed by atoms with van der Waals surface area (Å²) in [6.45, 7) is 6.54. The second-order valence-corrected chi connectivity index (χ2v) is 21.0. The molecule has 74 heavy (non-hydrogen) atoms. The van der Waals surface area contributed by atoms with Gasteiger partial charge in [0.05, 0.1) is 0 Å². The number of allylic oxidation sites excluding steroid dienone is 14. The van der Waals surface area contributed by atoms with Gasteiger partial charge < -0.3 is 14.2 Å². The molecule has 0 spiro atoms. The lowest BCUT2D eigenvalue weighted by molar-refractivity contribution is -0.167. The Morgan fingerprint density at radius 3 is 0.824 bits per heavy atom. The van der Waals surface area contributed by atoms with Gasteiger partial charge in [-0.1, -0.05) is 260 Å². The smallest absolute Gasteiger partial charge is 0.306 e. The summed E-state index contributed by atoms with van der Waals surface area (Å²) in [5, 5.41) is 0. The zero-order chi connectivity index (χ0) is 53.6. The molecular weight excluding hydrogens is 913 g/mol. The predicted molar refractivity (Wildman–Crippen MR) is 321 cm³/mol. The van der Waals surface area contributed by atoms with Gasteiger partial charge in [-0.05, 0) is 116 Å². The van der Waals surface area contributed by atoms with Crippen molar-refractivity contribution in [3.63, 3.8) is 0 Å². The van der Waals surface area contributed by atoms with E-state index in [0.717, 1.165) is 128 Å². The maximum atomic E-state index is 12.9. The van der Waals surface area contributed by atoms with E-state index >= 15 is 0 Å². The highest BCUT2D eigenvalue weighted by atomic mass is 16.6.